The van der Waals surface area contributed by atoms with Gasteiger partial charge in [0.2, 0.25) is 5.91 Å². The molecule has 152 valence electrons. The van der Waals surface area contributed by atoms with Crippen LogP contribution in [0.2, 0.25) is 0 Å². The number of carbonyl (C=O) groups is 1. The number of thiophene rings is 1. The first-order chi connectivity index (χ1) is 14.4. The van der Waals surface area contributed by atoms with Crippen molar-refractivity contribution in [2.75, 3.05) is 5.32 Å². The molecule has 1 unspecified atom stereocenters. The van der Waals surface area contributed by atoms with Crippen LogP contribution < -0.4 is 10.9 Å². The Hall–Kier alpha value is -3.25. The van der Waals surface area contributed by atoms with Crippen molar-refractivity contribution in [2.45, 2.75) is 33.7 Å². The lowest BCUT2D eigenvalue weighted by Gasteiger charge is -2.18. The molecule has 4 aromatic rings. The van der Waals surface area contributed by atoms with E-state index < -0.39 is 6.04 Å². The molecule has 0 saturated carbocycles. The number of amides is 1. The molecular weight excluding hydrogens is 394 g/mol. The van der Waals surface area contributed by atoms with Crippen molar-refractivity contribution >= 4 is 33.1 Å². The van der Waals surface area contributed by atoms with Crippen LogP contribution in [-0.4, -0.2) is 15.5 Å². The Labute approximate surface area is 179 Å². The van der Waals surface area contributed by atoms with Gasteiger partial charge in [-0.25, -0.2) is 4.98 Å². The summed E-state index contributed by atoms with van der Waals surface area (Å²) in [5, 5.41) is 5.49. The highest BCUT2D eigenvalue weighted by molar-refractivity contribution is 7.17. The number of rotatable bonds is 4. The maximum Gasteiger partial charge on any atom is 0.263 e. The van der Waals surface area contributed by atoms with E-state index in [0.717, 1.165) is 33.5 Å². The molecular formula is C24H23N3O2S. The molecule has 1 N–H and O–H groups in total. The molecule has 1 amide bonds. The molecule has 4 rings (SSSR count). The van der Waals surface area contributed by atoms with E-state index in [1.54, 1.807) is 6.92 Å². The van der Waals surface area contributed by atoms with Gasteiger partial charge in [-0.05, 0) is 44.4 Å². The maximum absolute atomic E-state index is 13.3. The Morgan fingerprint density at radius 1 is 1.10 bits per heavy atom. The molecule has 0 aliphatic rings. The number of nitrogens with zero attached hydrogens (tertiary/aromatic N) is 2. The van der Waals surface area contributed by atoms with Crippen LogP contribution in [0.4, 0.5) is 5.69 Å². The fourth-order valence-electron chi connectivity index (χ4n) is 3.78. The van der Waals surface area contributed by atoms with E-state index in [1.165, 1.54) is 22.2 Å². The van der Waals surface area contributed by atoms with Gasteiger partial charge in [-0.2, -0.15) is 0 Å². The summed E-state index contributed by atoms with van der Waals surface area (Å²) in [7, 11) is 0. The molecule has 5 nitrogen and oxygen atoms in total. The predicted octanol–water partition coefficient (Wildman–Crippen LogP) is 5.25. The molecule has 0 saturated heterocycles. The maximum atomic E-state index is 13.3. The lowest BCUT2D eigenvalue weighted by atomic mass is 10.0. The van der Waals surface area contributed by atoms with Gasteiger partial charge in [0, 0.05) is 16.6 Å². The van der Waals surface area contributed by atoms with Gasteiger partial charge in [-0.15, -0.1) is 11.3 Å². The molecule has 0 aliphatic carbocycles. The van der Waals surface area contributed by atoms with Gasteiger partial charge in [-0.3, -0.25) is 14.2 Å². The summed E-state index contributed by atoms with van der Waals surface area (Å²) in [5.74, 6) is -0.246. The monoisotopic (exact) mass is 417 g/mol. The van der Waals surface area contributed by atoms with Crippen molar-refractivity contribution in [3.8, 4) is 11.1 Å². The van der Waals surface area contributed by atoms with Crippen molar-refractivity contribution in [3.05, 3.63) is 81.2 Å². The summed E-state index contributed by atoms with van der Waals surface area (Å²) < 4.78 is 1.41. The fourth-order valence-corrected chi connectivity index (χ4v) is 4.69. The lowest BCUT2D eigenvalue weighted by Crippen LogP contribution is -2.32. The summed E-state index contributed by atoms with van der Waals surface area (Å²) in [6, 6.07) is 13.1. The van der Waals surface area contributed by atoms with Gasteiger partial charge in [0.1, 0.15) is 10.9 Å². The molecule has 1 atom stereocenters. The van der Waals surface area contributed by atoms with Gasteiger partial charge >= 0.3 is 0 Å². The molecule has 0 bridgehead atoms. The number of aromatic nitrogens is 2. The Morgan fingerprint density at radius 2 is 1.77 bits per heavy atom. The Balaban J connectivity index is 1.72. The van der Waals surface area contributed by atoms with Crippen LogP contribution in [0.15, 0.2) is 59.0 Å². The molecule has 0 aliphatic heterocycles. The average molecular weight is 418 g/mol. The third-order valence-corrected chi connectivity index (χ3v) is 6.21. The number of anilines is 1. The Kier molecular flexibility index (Phi) is 5.26. The van der Waals surface area contributed by atoms with Crippen molar-refractivity contribution in [1.82, 2.24) is 9.55 Å². The van der Waals surface area contributed by atoms with E-state index in [4.69, 9.17) is 0 Å². The van der Waals surface area contributed by atoms with Crippen LogP contribution in [0.5, 0.6) is 0 Å². The number of benzene rings is 2. The molecule has 2 heterocycles. The Morgan fingerprint density at radius 3 is 2.43 bits per heavy atom. The van der Waals surface area contributed by atoms with Crippen LogP contribution >= 0.6 is 11.3 Å². The Bertz CT molecular complexity index is 1280. The third-order valence-electron chi connectivity index (χ3n) is 5.33. The number of carbonyl (C=O) groups excluding carboxylic acids is 1. The minimum absolute atomic E-state index is 0.208. The number of hydrogen-bond donors (Lipinski definition) is 1. The van der Waals surface area contributed by atoms with Crippen LogP contribution in [0.25, 0.3) is 21.3 Å². The van der Waals surface area contributed by atoms with Crippen LogP contribution in [-0.2, 0) is 4.79 Å². The van der Waals surface area contributed by atoms with Crippen molar-refractivity contribution in [1.29, 1.82) is 0 Å². The smallest absolute Gasteiger partial charge is 0.263 e. The van der Waals surface area contributed by atoms with E-state index in [1.807, 2.05) is 68.6 Å². The highest BCUT2D eigenvalue weighted by atomic mass is 32.1. The summed E-state index contributed by atoms with van der Waals surface area (Å²) in [6.07, 6.45) is 1.47. The minimum Gasteiger partial charge on any atom is -0.324 e. The second-order valence-electron chi connectivity index (χ2n) is 7.59. The molecule has 2 aromatic carbocycles. The zero-order valence-electron chi connectivity index (χ0n) is 17.4. The molecule has 0 spiro atoms. The summed E-state index contributed by atoms with van der Waals surface area (Å²) in [6.45, 7) is 7.69. The van der Waals surface area contributed by atoms with Gasteiger partial charge in [-0.1, -0.05) is 48.0 Å². The van der Waals surface area contributed by atoms with Gasteiger partial charge in [0.05, 0.1) is 11.7 Å². The minimum atomic E-state index is -0.696. The largest absolute Gasteiger partial charge is 0.324 e. The highest BCUT2D eigenvalue weighted by Gasteiger charge is 2.21. The normalized spacial score (nSPS) is 12.1. The number of nitrogens with one attached hydrogen (secondary N) is 1. The zero-order valence-corrected chi connectivity index (χ0v) is 18.2. The van der Waals surface area contributed by atoms with E-state index in [2.05, 4.69) is 10.3 Å². The van der Waals surface area contributed by atoms with Gasteiger partial charge < -0.3 is 5.32 Å². The van der Waals surface area contributed by atoms with Crippen LogP contribution in [0.3, 0.4) is 0 Å². The molecule has 2 aromatic heterocycles. The van der Waals surface area contributed by atoms with Crippen molar-refractivity contribution < 1.29 is 4.79 Å². The van der Waals surface area contributed by atoms with Gasteiger partial charge in [0.25, 0.3) is 5.56 Å². The van der Waals surface area contributed by atoms with E-state index in [-0.39, 0.29) is 11.5 Å². The van der Waals surface area contributed by atoms with Gasteiger partial charge in [0.15, 0.2) is 0 Å². The van der Waals surface area contributed by atoms with Crippen LogP contribution in [0, 0.1) is 20.8 Å². The van der Waals surface area contributed by atoms with Crippen LogP contribution in [0.1, 0.15) is 29.7 Å². The third kappa shape index (κ3) is 3.55. The second kappa shape index (κ2) is 7.88. The summed E-state index contributed by atoms with van der Waals surface area (Å²) in [4.78, 5) is 31.4. The lowest BCUT2D eigenvalue weighted by molar-refractivity contribution is -0.118. The first-order valence-electron chi connectivity index (χ1n) is 9.79. The number of aryl methyl sites for hydroxylation is 3. The standard InChI is InChI=1S/C24H23N3O2S/c1-14-10-15(2)21(16(3)11-14)26-22(28)17(4)27-13-25-23-20(24(27)29)19(12-30-23)18-8-6-5-7-9-18/h5-13,17H,1-4H3,(H,26,28). The van der Waals surface area contributed by atoms with Crippen molar-refractivity contribution in [2.24, 2.45) is 0 Å². The van der Waals surface area contributed by atoms with E-state index in [0.29, 0.717) is 10.2 Å². The molecule has 0 radical (unpaired) electrons. The zero-order chi connectivity index (χ0) is 21.4. The fraction of sp³-hybridized carbons (Fsp3) is 0.208. The van der Waals surface area contributed by atoms with E-state index in [9.17, 15) is 9.59 Å². The number of fused-ring (bicyclic) bond motifs is 1. The van der Waals surface area contributed by atoms with E-state index >= 15 is 0 Å². The second-order valence-corrected chi connectivity index (χ2v) is 8.45. The predicted molar refractivity (Wildman–Crippen MR) is 123 cm³/mol. The first-order valence-corrected chi connectivity index (χ1v) is 10.7. The van der Waals surface area contributed by atoms with Crippen molar-refractivity contribution in [3.63, 3.8) is 0 Å². The molecule has 6 heteroatoms. The average Bonchev–Trinajstić information content (AvgIpc) is 3.16. The number of hydrogen-bond acceptors (Lipinski definition) is 4. The quantitative estimate of drug-likeness (QED) is 0.493. The molecule has 30 heavy (non-hydrogen) atoms. The SMILES string of the molecule is Cc1cc(C)c(NC(=O)C(C)n2cnc3scc(-c4ccccc4)c3c2=O)c(C)c1. The topological polar surface area (TPSA) is 64.0 Å². The summed E-state index contributed by atoms with van der Waals surface area (Å²) >= 11 is 1.43. The summed E-state index contributed by atoms with van der Waals surface area (Å²) in [5.41, 5.74) is 5.54. The molecule has 0 fully saturated rings. The highest BCUT2D eigenvalue weighted by Crippen LogP contribution is 2.30. The first kappa shape index (κ1) is 20.0.